The first-order valence-electron chi connectivity index (χ1n) is 9.82. The molecule has 2 aromatic heterocycles. The fraction of sp³-hybridized carbons (Fsp3) is 0.217. The van der Waals surface area contributed by atoms with Gasteiger partial charge in [0.25, 0.3) is 0 Å². The van der Waals surface area contributed by atoms with E-state index in [0.29, 0.717) is 12.2 Å². The van der Waals surface area contributed by atoms with Crippen LogP contribution in [0.3, 0.4) is 0 Å². The van der Waals surface area contributed by atoms with Gasteiger partial charge in [0.05, 0.1) is 0 Å². The van der Waals surface area contributed by atoms with Crippen LogP contribution in [0.2, 0.25) is 0 Å². The van der Waals surface area contributed by atoms with Crippen molar-refractivity contribution < 1.29 is 4.79 Å². The Bertz CT molecular complexity index is 1300. The minimum atomic E-state index is -0.247. The third kappa shape index (κ3) is 3.87. The molecule has 2 aromatic carbocycles. The Morgan fingerprint density at radius 3 is 2.60 bits per heavy atom. The lowest BCUT2D eigenvalue weighted by atomic mass is 10.1. The average molecular weight is 401 g/mol. The van der Waals surface area contributed by atoms with Crippen molar-refractivity contribution in [2.75, 3.05) is 5.32 Å². The highest BCUT2D eigenvalue weighted by molar-refractivity contribution is 5.90. The molecule has 0 atom stereocenters. The van der Waals surface area contributed by atoms with Crippen LogP contribution < -0.4 is 10.9 Å². The molecule has 0 spiro atoms. The molecule has 0 saturated heterocycles. The molecule has 7 heteroatoms. The molecule has 2 heterocycles. The lowest BCUT2D eigenvalue weighted by molar-refractivity contribution is -0.116. The smallest absolute Gasteiger partial charge is 0.300 e. The number of nitrogens with one attached hydrogen (secondary N) is 1. The monoisotopic (exact) mass is 401 g/mol. The first kappa shape index (κ1) is 19.6. The second-order valence-corrected chi connectivity index (χ2v) is 7.47. The standard InChI is InChI=1S/C23H23N5O2/c1-15-5-4-6-18(13-15)24-21(29)10-9-20-25-26-22-23(30)27(11-12-28(20)22)19-8-7-16(2)17(3)14-19/h4-8,11-14H,9-10H2,1-3H3,(H,24,29). The van der Waals surface area contributed by atoms with Gasteiger partial charge in [-0.1, -0.05) is 18.2 Å². The molecular weight excluding hydrogens is 378 g/mol. The Balaban J connectivity index is 1.53. The predicted octanol–water partition coefficient (Wildman–Crippen LogP) is 3.38. The van der Waals surface area contributed by atoms with Crippen LogP contribution in [0.4, 0.5) is 5.69 Å². The van der Waals surface area contributed by atoms with Gasteiger partial charge in [-0.05, 0) is 61.7 Å². The van der Waals surface area contributed by atoms with E-state index >= 15 is 0 Å². The van der Waals surface area contributed by atoms with Gasteiger partial charge in [-0.2, -0.15) is 0 Å². The van der Waals surface area contributed by atoms with Crippen LogP contribution in [-0.4, -0.2) is 25.1 Å². The number of carbonyl (C=O) groups excluding carboxylic acids is 1. The minimum Gasteiger partial charge on any atom is -0.326 e. The maximum Gasteiger partial charge on any atom is 0.300 e. The fourth-order valence-electron chi connectivity index (χ4n) is 3.36. The molecule has 0 saturated carbocycles. The number of hydrogen-bond donors (Lipinski definition) is 1. The van der Waals surface area contributed by atoms with E-state index in [1.54, 1.807) is 21.4 Å². The molecule has 0 unspecified atom stereocenters. The highest BCUT2D eigenvalue weighted by Crippen LogP contribution is 2.14. The summed E-state index contributed by atoms with van der Waals surface area (Å²) in [5.74, 6) is 0.467. The topological polar surface area (TPSA) is 81.3 Å². The maximum absolute atomic E-state index is 12.9. The highest BCUT2D eigenvalue weighted by atomic mass is 16.1. The van der Waals surface area contributed by atoms with Crippen LogP contribution in [0, 0.1) is 20.8 Å². The Morgan fingerprint density at radius 2 is 1.83 bits per heavy atom. The molecule has 0 bridgehead atoms. The van der Waals surface area contributed by atoms with E-state index in [2.05, 4.69) is 15.5 Å². The zero-order chi connectivity index (χ0) is 21.3. The van der Waals surface area contributed by atoms with Crippen molar-refractivity contribution >= 4 is 17.2 Å². The van der Waals surface area contributed by atoms with Crippen molar-refractivity contribution in [3.8, 4) is 5.69 Å². The molecule has 4 rings (SSSR count). The summed E-state index contributed by atoms with van der Waals surface area (Å²) in [5.41, 5.74) is 4.91. The van der Waals surface area contributed by atoms with Crippen LogP contribution in [0.25, 0.3) is 11.3 Å². The van der Waals surface area contributed by atoms with Crippen molar-refractivity contribution in [2.45, 2.75) is 33.6 Å². The number of fused-ring (bicyclic) bond motifs is 1. The second-order valence-electron chi connectivity index (χ2n) is 7.47. The van der Waals surface area contributed by atoms with E-state index in [1.165, 1.54) is 5.56 Å². The summed E-state index contributed by atoms with van der Waals surface area (Å²) in [4.78, 5) is 25.2. The minimum absolute atomic E-state index is 0.110. The molecule has 152 valence electrons. The molecule has 0 radical (unpaired) electrons. The zero-order valence-corrected chi connectivity index (χ0v) is 17.2. The largest absolute Gasteiger partial charge is 0.326 e. The molecule has 1 N–H and O–H groups in total. The first-order chi connectivity index (χ1) is 14.4. The number of rotatable bonds is 5. The van der Waals surface area contributed by atoms with E-state index in [4.69, 9.17) is 0 Å². The molecule has 7 nitrogen and oxygen atoms in total. The molecule has 0 aliphatic heterocycles. The van der Waals surface area contributed by atoms with Gasteiger partial charge in [-0.15, -0.1) is 10.2 Å². The van der Waals surface area contributed by atoms with Crippen molar-refractivity contribution in [2.24, 2.45) is 0 Å². The third-order valence-electron chi connectivity index (χ3n) is 5.19. The quantitative estimate of drug-likeness (QED) is 0.556. The Kier molecular flexibility index (Phi) is 5.18. The summed E-state index contributed by atoms with van der Waals surface area (Å²) in [6, 6.07) is 13.5. The van der Waals surface area contributed by atoms with E-state index in [1.807, 2.05) is 63.2 Å². The van der Waals surface area contributed by atoms with Gasteiger partial charge in [0.2, 0.25) is 11.6 Å². The predicted molar refractivity (Wildman–Crippen MR) is 116 cm³/mol. The van der Waals surface area contributed by atoms with Gasteiger partial charge >= 0.3 is 5.56 Å². The summed E-state index contributed by atoms with van der Waals surface area (Å²) >= 11 is 0. The van der Waals surface area contributed by atoms with E-state index in [9.17, 15) is 9.59 Å². The number of carbonyl (C=O) groups is 1. The van der Waals surface area contributed by atoms with Crippen LogP contribution in [0.1, 0.15) is 28.9 Å². The summed E-state index contributed by atoms with van der Waals surface area (Å²) in [7, 11) is 0. The number of aryl methyl sites for hydroxylation is 4. The summed E-state index contributed by atoms with van der Waals surface area (Å²) in [5, 5.41) is 11.1. The summed E-state index contributed by atoms with van der Waals surface area (Å²) < 4.78 is 3.21. The number of anilines is 1. The van der Waals surface area contributed by atoms with Crippen LogP contribution in [0.5, 0.6) is 0 Å². The molecule has 1 amide bonds. The van der Waals surface area contributed by atoms with E-state index in [0.717, 1.165) is 22.5 Å². The van der Waals surface area contributed by atoms with Crippen LogP contribution in [-0.2, 0) is 11.2 Å². The normalized spacial score (nSPS) is 11.0. The molecule has 0 fully saturated rings. The average Bonchev–Trinajstić information content (AvgIpc) is 3.13. The van der Waals surface area contributed by atoms with Gasteiger partial charge in [0.15, 0.2) is 0 Å². The highest BCUT2D eigenvalue weighted by Gasteiger charge is 2.13. The number of benzene rings is 2. The van der Waals surface area contributed by atoms with Gasteiger partial charge in [-0.3, -0.25) is 18.6 Å². The zero-order valence-electron chi connectivity index (χ0n) is 17.2. The van der Waals surface area contributed by atoms with Gasteiger partial charge in [-0.25, -0.2) is 0 Å². The third-order valence-corrected chi connectivity index (χ3v) is 5.19. The number of hydrogen-bond acceptors (Lipinski definition) is 4. The summed E-state index contributed by atoms with van der Waals surface area (Å²) in [6.07, 6.45) is 4.10. The lowest BCUT2D eigenvalue weighted by Crippen LogP contribution is -2.20. The van der Waals surface area contributed by atoms with Crippen molar-refractivity contribution in [1.29, 1.82) is 0 Å². The molecule has 0 aliphatic rings. The van der Waals surface area contributed by atoms with Gasteiger partial charge < -0.3 is 5.32 Å². The number of nitrogens with zero attached hydrogens (tertiary/aromatic N) is 4. The van der Waals surface area contributed by atoms with Crippen molar-refractivity contribution in [3.05, 3.63) is 87.7 Å². The van der Waals surface area contributed by atoms with E-state index < -0.39 is 0 Å². The molecule has 0 aliphatic carbocycles. The number of aromatic nitrogens is 4. The van der Waals surface area contributed by atoms with Gasteiger partial charge in [0, 0.05) is 36.6 Å². The Labute approximate surface area is 174 Å². The van der Waals surface area contributed by atoms with E-state index in [-0.39, 0.29) is 23.5 Å². The fourth-order valence-corrected chi connectivity index (χ4v) is 3.36. The first-order valence-corrected chi connectivity index (χ1v) is 9.82. The molecule has 4 aromatic rings. The second kappa shape index (κ2) is 7.94. The maximum atomic E-state index is 12.9. The Morgan fingerprint density at radius 1 is 1.00 bits per heavy atom. The summed E-state index contributed by atoms with van der Waals surface area (Å²) in [6.45, 7) is 6.02. The SMILES string of the molecule is Cc1cccc(NC(=O)CCc2nnc3c(=O)n(-c4ccc(C)c(C)c4)ccn23)c1. The van der Waals surface area contributed by atoms with Crippen molar-refractivity contribution in [1.82, 2.24) is 19.2 Å². The lowest BCUT2D eigenvalue weighted by Gasteiger charge is -2.09. The molecular formula is C23H23N5O2. The van der Waals surface area contributed by atoms with Gasteiger partial charge in [0.1, 0.15) is 5.82 Å². The Hall–Kier alpha value is -3.74. The van der Waals surface area contributed by atoms with Crippen LogP contribution in [0.15, 0.2) is 59.7 Å². The molecule has 30 heavy (non-hydrogen) atoms. The van der Waals surface area contributed by atoms with Crippen molar-refractivity contribution in [3.63, 3.8) is 0 Å². The van der Waals surface area contributed by atoms with Crippen LogP contribution >= 0.6 is 0 Å². The number of amides is 1.